The second kappa shape index (κ2) is 5.01. The molecule has 1 rings (SSSR count). The fourth-order valence-electron chi connectivity index (χ4n) is 2.20. The highest BCUT2D eigenvalue weighted by Crippen LogP contribution is 2.26. The molecule has 1 nitrogen and oxygen atoms in total. The van der Waals surface area contributed by atoms with Gasteiger partial charge in [-0.3, -0.25) is 0 Å². The summed E-state index contributed by atoms with van der Waals surface area (Å²) in [6.07, 6.45) is 0. The Bertz CT molecular complexity index is 337. The molecule has 0 saturated carbocycles. The minimum Gasteiger partial charge on any atom is -0.309 e. The van der Waals surface area contributed by atoms with Crippen LogP contribution in [0.1, 0.15) is 44.7 Å². The summed E-state index contributed by atoms with van der Waals surface area (Å²) in [5, 5.41) is 0. The van der Waals surface area contributed by atoms with Crippen LogP contribution in [0.25, 0.3) is 0 Å². The van der Waals surface area contributed by atoms with Gasteiger partial charge in [-0.2, -0.15) is 0 Å². The van der Waals surface area contributed by atoms with E-state index in [0.717, 1.165) is 6.54 Å². The Hall–Kier alpha value is -0.820. The Balaban J connectivity index is 2.98. The summed E-state index contributed by atoms with van der Waals surface area (Å²) in [4.78, 5) is 2.25. The molecular weight excluding hydrogens is 194 g/mol. The van der Waals surface area contributed by atoms with Crippen LogP contribution in [0, 0.1) is 0 Å². The largest absolute Gasteiger partial charge is 0.309 e. The van der Waals surface area contributed by atoms with Crippen molar-refractivity contribution in [3.05, 3.63) is 35.4 Å². The first-order valence-corrected chi connectivity index (χ1v) is 6.08. The summed E-state index contributed by atoms with van der Waals surface area (Å²) in [5.74, 6) is 0.607. The molecular formula is C15H25N. The fourth-order valence-corrected chi connectivity index (χ4v) is 2.20. The van der Waals surface area contributed by atoms with E-state index in [9.17, 15) is 0 Å². The van der Waals surface area contributed by atoms with Crippen LogP contribution in [0.3, 0.4) is 0 Å². The minimum absolute atomic E-state index is 0.217. The highest BCUT2D eigenvalue weighted by atomic mass is 15.1. The molecule has 0 aliphatic heterocycles. The summed E-state index contributed by atoms with van der Waals surface area (Å²) in [6.45, 7) is 10.2. The molecule has 16 heavy (non-hydrogen) atoms. The molecule has 1 aromatic rings. The second-order valence-corrected chi connectivity index (χ2v) is 5.90. The molecule has 0 amide bonds. The van der Waals surface area contributed by atoms with Crippen molar-refractivity contribution in [2.75, 3.05) is 20.6 Å². The Morgan fingerprint density at radius 1 is 1.19 bits per heavy atom. The van der Waals surface area contributed by atoms with Gasteiger partial charge in [-0.05, 0) is 31.1 Å². The first-order chi connectivity index (χ1) is 7.33. The Labute approximate surface area is 100 Å². The Morgan fingerprint density at radius 2 is 1.81 bits per heavy atom. The number of hydrogen-bond acceptors (Lipinski definition) is 1. The maximum absolute atomic E-state index is 2.36. The predicted octanol–water partition coefficient (Wildman–Crippen LogP) is 3.65. The fraction of sp³-hybridized carbons (Fsp3) is 0.600. The van der Waals surface area contributed by atoms with E-state index in [1.54, 1.807) is 0 Å². The van der Waals surface area contributed by atoms with Crippen molar-refractivity contribution in [3.8, 4) is 0 Å². The van der Waals surface area contributed by atoms with Gasteiger partial charge < -0.3 is 4.90 Å². The maximum atomic E-state index is 2.36. The van der Waals surface area contributed by atoms with Gasteiger partial charge in [-0.25, -0.2) is 0 Å². The van der Waals surface area contributed by atoms with Crippen LogP contribution in [0.2, 0.25) is 0 Å². The molecule has 1 aromatic carbocycles. The zero-order valence-electron chi connectivity index (χ0n) is 11.5. The van der Waals surface area contributed by atoms with E-state index < -0.39 is 0 Å². The van der Waals surface area contributed by atoms with Crippen LogP contribution in [-0.2, 0) is 5.41 Å². The molecule has 0 heterocycles. The SMILES string of the molecule is CC(C)c1cccc(C(C)(C)CN(C)C)c1. The first-order valence-electron chi connectivity index (χ1n) is 6.08. The number of hydrogen-bond donors (Lipinski definition) is 0. The van der Waals surface area contributed by atoms with Crippen molar-refractivity contribution in [2.45, 2.75) is 39.0 Å². The molecule has 0 aliphatic rings. The molecule has 0 aliphatic carbocycles. The van der Waals surface area contributed by atoms with Crippen molar-refractivity contribution in [1.29, 1.82) is 0 Å². The van der Waals surface area contributed by atoms with Crippen LogP contribution in [-0.4, -0.2) is 25.5 Å². The van der Waals surface area contributed by atoms with Gasteiger partial charge in [0.1, 0.15) is 0 Å². The van der Waals surface area contributed by atoms with Gasteiger partial charge in [0.15, 0.2) is 0 Å². The van der Waals surface area contributed by atoms with Crippen LogP contribution >= 0.6 is 0 Å². The van der Waals surface area contributed by atoms with Gasteiger partial charge in [0.05, 0.1) is 0 Å². The smallest absolute Gasteiger partial charge is 0.00672 e. The van der Waals surface area contributed by atoms with Crippen LogP contribution < -0.4 is 0 Å². The van der Waals surface area contributed by atoms with Gasteiger partial charge >= 0.3 is 0 Å². The highest BCUT2D eigenvalue weighted by Gasteiger charge is 2.21. The molecule has 0 unspecified atom stereocenters. The minimum atomic E-state index is 0.217. The van der Waals surface area contributed by atoms with Gasteiger partial charge in [0.2, 0.25) is 0 Å². The Kier molecular flexibility index (Phi) is 4.15. The van der Waals surface area contributed by atoms with Gasteiger partial charge in [0, 0.05) is 12.0 Å². The molecule has 0 saturated heterocycles. The molecule has 0 fully saturated rings. The van der Waals surface area contributed by atoms with E-state index >= 15 is 0 Å². The van der Waals surface area contributed by atoms with E-state index in [1.165, 1.54) is 11.1 Å². The number of benzene rings is 1. The van der Waals surface area contributed by atoms with Crippen LogP contribution in [0.5, 0.6) is 0 Å². The normalized spacial score (nSPS) is 12.5. The lowest BCUT2D eigenvalue weighted by molar-refractivity contribution is 0.315. The zero-order chi connectivity index (χ0) is 12.3. The van der Waals surface area contributed by atoms with Crippen LogP contribution in [0.15, 0.2) is 24.3 Å². The second-order valence-electron chi connectivity index (χ2n) is 5.90. The van der Waals surface area contributed by atoms with Crippen molar-refractivity contribution in [1.82, 2.24) is 4.90 Å². The molecule has 0 spiro atoms. The third-order valence-corrected chi connectivity index (χ3v) is 3.05. The first kappa shape index (κ1) is 13.2. The monoisotopic (exact) mass is 219 g/mol. The lowest BCUT2D eigenvalue weighted by Crippen LogP contribution is -2.32. The number of rotatable bonds is 4. The van der Waals surface area contributed by atoms with Crippen molar-refractivity contribution < 1.29 is 0 Å². The van der Waals surface area contributed by atoms with E-state index in [0.29, 0.717) is 5.92 Å². The average Bonchev–Trinajstić information content (AvgIpc) is 2.16. The van der Waals surface area contributed by atoms with Crippen molar-refractivity contribution in [3.63, 3.8) is 0 Å². The predicted molar refractivity (Wildman–Crippen MR) is 72.1 cm³/mol. The zero-order valence-corrected chi connectivity index (χ0v) is 11.5. The summed E-state index contributed by atoms with van der Waals surface area (Å²) < 4.78 is 0. The maximum Gasteiger partial charge on any atom is 0.00672 e. The quantitative estimate of drug-likeness (QED) is 0.747. The molecule has 0 bridgehead atoms. The van der Waals surface area contributed by atoms with Gasteiger partial charge in [-0.1, -0.05) is 52.0 Å². The standard InChI is InChI=1S/C15H25N/c1-12(2)13-8-7-9-14(10-13)15(3,4)11-16(5)6/h7-10,12H,11H2,1-6H3. The Morgan fingerprint density at radius 3 is 2.31 bits per heavy atom. The van der Waals surface area contributed by atoms with E-state index in [-0.39, 0.29) is 5.41 Å². The highest BCUT2D eigenvalue weighted by molar-refractivity contribution is 5.31. The number of likely N-dealkylation sites (N-methyl/N-ethyl adjacent to an activating group) is 1. The molecule has 0 atom stereocenters. The average molecular weight is 219 g/mol. The van der Waals surface area contributed by atoms with E-state index in [1.807, 2.05) is 0 Å². The molecule has 0 aromatic heterocycles. The number of nitrogens with zero attached hydrogens (tertiary/aromatic N) is 1. The third kappa shape index (κ3) is 3.34. The molecule has 1 heteroatoms. The topological polar surface area (TPSA) is 3.24 Å². The summed E-state index contributed by atoms with van der Waals surface area (Å²) in [5.41, 5.74) is 3.09. The van der Waals surface area contributed by atoms with Crippen molar-refractivity contribution >= 4 is 0 Å². The van der Waals surface area contributed by atoms with Gasteiger partial charge in [-0.15, -0.1) is 0 Å². The lowest BCUT2D eigenvalue weighted by Gasteiger charge is -2.29. The molecule has 90 valence electrons. The lowest BCUT2D eigenvalue weighted by atomic mass is 9.82. The molecule has 0 N–H and O–H groups in total. The molecule has 0 radical (unpaired) electrons. The van der Waals surface area contributed by atoms with E-state index in [4.69, 9.17) is 0 Å². The summed E-state index contributed by atoms with van der Waals surface area (Å²) in [7, 11) is 4.27. The summed E-state index contributed by atoms with van der Waals surface area (Å²) >= 11 is 0. The van der Waals surface area contributed by atoms with E-state index in [2.05, 4.69) is 71.0 Å². The van der Waals surface area contributed by atoms with Crippen LogP contribution in [0.4, 0.5) is 0 Å². The summed E-state index contributed by atoms with van der Waals surface area (Å²) in [6, 6.07) is 9.01. The van der Waals surface area contributed by atoms with Crippen molar-refractivity contribution in [2.24, 2.45) is 0 Å². The third-order valence-electron chi connectivity index (χ3n) is 3.05. The van der Waals surface area contributed by atoms with Gasteiger partial charge in [0.25, 0.3) is 0 Å².